The minimum absolute atomic E-state index is 0.0981. The van der Waals surface area contributed by atoms with Gasteiger partial charge >= 0.3 is 0 Å². The number of para-hydroxylation sites is 2. The highest BCUT2D eigenvalue weighted by Gasteiger charge is 2.32. The normalized spacial score (nSPS) is 11.5. The first-order valence-electron chi connectivity index (χ1n) is 6.01. The summed E-state index contributed by atoms with van der Waals surface area (Å²) in [5.41, 5.74) is 12.2. The van der Waals surface area contributed by atoms with Gasteiger partial charge in [-0.25, -0.2) is 0 Å². The van der Waals surface area contributed by atoms with Crippen molar-refractivity contribution < 1.29 is 10.2 Å². The van der Waals surface area contributed by atoms with E-state index < -0.39 is 8.07 Å². The smallest absolute Gasteiger partial charge is 0.138 e. The number of rotatable bonds is 2. The lowest BCUT2D eigenvalue weighted by Crippen LogP contribution is -2.53. The first-order chi connectivity index (χ1) is 8.85. The Balaban J connectivity index is 2.65. The molecule has 2 aromatic carbocycles. The number of aromatic hydroxyl groups is 2. The van der Waals surface area contributed by atoms with Crippen LogP contribution in [0.5, 0.6) is 11.5 Å². The zero-order chi connectivity index (χ0) is 14.2. The molecular formula is C14H18N2O2Si. The van der Waals surface area contributed by atoms with Crippen LogP contribution in [0.15, 0.2) is 36.4 Å². The molecule has 0 spiro atoms. The van der Waals surface area contributed by atoms with Gasteiger partial charge < -0.3 is 21.7 Å². The molecule has 0 bridgehead atoms. The molecule has 0 aliphatic heterocycles. The van der Waals surface area contributed by atoms with Gasteiger partial charge in [-0.15, -0.1) is 0 Å². The number of nitrogen functional groups attached to an aromatic ring is 2. The predicted molar refractivity (Wildman–Crippen MR) is 81.8 cm³/mol. The maximum atomic E-state index is 10.2. The van der Waals surface area contributed by atoms with Gasteiger partial charge in [0.2, 0.25) is 0 Å². The summed E-state index contributed by atoms with van der Waals surface area (Å²) >= 11 is 0. The Bertz CT molecular complexity index is 573. The monoisotopic (exact) mass is 274 g/mol. The molecule has 2 aromatic rings. The van der Waals surface area contributed by atoms with Crippen LogP contribution in [0.25, 0.3) is 0 Å². The number of hydrogen-bond acceptors (Lipinski definition) is 4. The second-order valence-corrected chi connectivity index (χ2v) is 9.44. The molecule has 5 heteroatoms. The molecule has 0 heterocycles. The highest BCUT2D eigenvalue weighted by molar-refractivity contribution is 7.01. The summed E-state index contributed by atoms with van der Waals surface area (Å²) in [5.74, 6) is 0.196. The highest BCUT2D eigenvalue weighted by atomic mass is 28.3. The standard InChI is InChI=1S/C14H18N2O2Si/c1-19(2,11-7-3-5-9(15)13(11)17)12-8-4-6-10(16)14(12)18/h3-8,17-18H,15-16H2,1-2H3. The summed E-state index contributed by atoms with van der Waals surface area (Å²) in [5, 5.41) is 21.9. The molecule has 0 saturated carbocycles. The molecule has 100 valence electrons. The number of phenolic OH excluding ortho intramolecular Hbond substituents is 2. The van der Waals surface area contributed by atoms with Crippen molar-refractivity contribution in [1.82, 2.24) is 0 Å². The zero-order valence-corrected chi connectivity index (χ0v) is 12.0. The summed E-state index contributed by atoms with van der Waals surface area (Å²) in [7, 11) is -2.27. The third-order valence-corrected chi connectivity index (χ3v) is 6.98. The summed E-state index contributed by atoms with van der Waals surface area (Å²) in [6.45, 7) is 4.08. The van der Waals surface area contributed by atoms with E-state index in [2.05, 4.69) is 0 Å². The first-order valence-corrected chi connectivity index (χ1v) is 9.01. The van der Waals surface area contributed by atoms with E-state index in [1.807, 2.05) is 37.4 Å². The van der Waals surface area contributed by atoms with Gasteiger partial charge in [0.15, 0.2) is 0 Å². The van der Waals surface area contributed by atoms with E-state index in [0.29, 0.717) is 11.4 Å². The Labute approximate surface area is 113 Å². The van der Waals surface area contributed by atoms with Crippen molar-refractivity contribution >= 4 is 29.8 Å². The maximum absolute atomic E-state index is 10.2. The molecule has 0 unspecified atom stereocenters. The van der Waals surface area contributed by atoms with E-state index in [1.54, 1.807) is 12.1 Å². The molecule has 0 radical (unpaired) electrons. The Morgan fingerprint density at radius 1 is 0.789 bits per heavy atom. The number of nitrogens with two attached hydrogens (primary N) is 2. The van der Waals surface area contributed by atoms with Crippen molar-refractivity contribution in [3.8, 4) is 11.5 Å². The summed E-state index contributed by atoms with van der Waals surface area (Å²) in [6.07, 6.45) is 0. The number of benzene rings is 2. The van der Waals surface area contributed by atoms with E-state index in [-0.39, 0.29) is 11.5 Å². The number of hydrogen-bond donors (Lipinski definition) is 4. The fourth-order valence-corrected chi connectivity index (χ4v) is 5.07. The molecule has 0 saturated heterocycles. The second kappa shape index (κ2) is 4.51. The van der Waals surface area contributed by atoms with Crippen molar-refractivity contribution in [3.05, 3.63) is 36.4 Å². The highest BCUT2D eigenvalue weighted by Crippen LogP contribution is 2.24. The van der Waals surface area contributed by atoms with Crippen LogP contribution in [0, 0.1) is 0 Å². The van der Waals surface area contributed by atoms with E-state index in [0.717, 1.165) is 10.4 Å². The van der Waals surface area contributed by atoms with Gasteiger partial charge in [-0.2, -0.15) is 0 Å². The number of anilines is 2. The topological polar surface area (TPSA) is 92.5 Å². The average Bonchev–Trinajstić information content (AvgIpc) is 2.35. The van der Waals surface area contributed by atoms with E-state index in [1.165, 1.54) is 0 Å². The van der Waals surface area contributed by atoms with Crippen LogP contribution in [0.3, 0.4) is 0 Å². The molecule has 2 rings (SSSR count). The first kappa shape index (κ1) is 13.3. The predicted octanol–water partition coefficient (Wildman–Crippen LogP) is 1.08. The molecule has 19 heavy (non-hydrogen) atoms. The van der Waals surface area contributed by atoms with Gasteiger partial charge in [-0.3, -0.25) is 0 Å². The van der Waals surface area contributed by atoms with E-state index in [4.69, 9.17) is 11.5 Å². The maximum Gasteiger partial charge on any atom is 0.138 e. The Morgan fingerprint density at radius 3 is 1.53 bits per heavy atom. The van der Waals surface area contributed by atoms with Gasteiger partial charge in [-0.1, -0.05) is 37.4 Å². The molecule has 0 aromatic heterocycles. The van der Waals surface area contributed by atoms with Crippen molar-refractivity contribution in [2.45, 2.75) is 13.1 Å². The molecule has 0 aliphatic rings. The molecule has 0 aliphatic carbocycles. The SMILES string of the molecule is C[Si](C)(c1cccc(N)c1O)c1cccc(N)c1O. The van der Waals surface area contributed by atoms with Gasteiger partial charge in [0, 0.05) is 0 Å². The third-order valence-electron chi connectivity index (χ3n) is 3.48. The van der Waals surface area contributed by atoms with Gasteiger partial charge in [-0.05, 0) is 22.5 Å². The lowest BCUT2D eigenvalue weighted by Gasteiger charge is -2.26. The summed E-state index contributed by atoms with van der Waals surface area (Å²) < 4.78 is 0. The van der Waals surface area contributed by atoms with Crippen LogP contribution in [0.4, 0.5) is 11.4 Å². The van der Waals surface area contributed by atoms with Crippen molar-refractivity contribution in [2.24, 2.45) is 0 Å². The van der Waals surface area contributed by atoms with Gasteiger partial charge in [0.1, 0.15) is 19.6 Å². The second-order valence-electron chi connectivity index (χ2n) is 5.11. The summed E-state index contributed by atoms with van der Waals surface area (Å²) in [4.78, 5) is 0. The van der Waals surface area contributed by atoms with Crippen LogP contribution in [-0.2, 0) is 0 Å². The van der Waals surface area contributed by atoms with Crippen molar-refractivity contribution in [1.29, 1.82) is 0 Å². The lowest BCUT2D eigenvalue weighted by molar-refractivity contribution is 0.480. The fraction of sp³-hybridized carbons (Fsp3) is 0.143. The number of phenols is 2. The van der Waals surface area contributed by atoms with E-state index in [9.17, 15) is 10.2 Å². The van der Waals surface area contributed by atoms with Crippen LogP contribution in [-0.4, -0.2) is 18.3 Å². The largest absolute Gasteiger partial charge is 0.506 e. The lowest BCUT2D eigenvalue weighted by atomic mass is 10.3. The molecule has 0 fully saturated rings. The summed E-state index contributed by atoms with van der Waals surface area (Å²) in [6, 6.07) is 10.6. The Hall–Kier alpha value is -2.14. The quantitative estimate of drug-likeness (QED) is 0.375. The average molecular weight is 274 g/mol. The Morgan fingerprint density at radius 2 is 1.16 bits per heavy atom. The fourth-order valence-electron chi connectivity index (χ4n) is 2.28. The van der Waals surface area contributed by atoms with Crippen molar-refractivity contribution in [2.75, 3.05) is 11.5 Å². The molecule has 4 nitrogen and oxygen atoms in total. The minimum atomic E-state index is -2.27. The van der Waals surface area contributed by atoms with Crippen LogP contribution in [0.1, 0.15) is 0 Å². The van der Waals surface area contributed by atoms with Crippen molar-refractivity contribution in [3.63, 3.8) is 0 Å². The molecule has 6 N–H and O–H groups in total. The minimum Gasteiger partial charge on any atom is -0.506 e. The van der Waals surface area contributed by atoms with Crippen LogP contribution < -0.4 is 21.8 Å². The molecule has 0 amide bonds. The molecular weight excluding hydrogens is 256 g/mol. The van der Waals surface area contributed by atoms with Gasteiger partial charge in [0.25, 0.3) is 0 Å². The van der Waals surface area contributed by atoms with Gasteiger partial charge in [0.05, 0.1) is 11.4 Å². The van der Waals surface area contributed by atoms with Crippen LogP contribution in [0.2, 0.25) is 13.1 Å². The zero-order valence-electron chi connectivity index (χ0n) is 11.0. The third kappa shape index (κ3) is 2.12. The Kier molecular flexibility index (Phi) is 3.16. The molecule has 0 atom stereocenters. The van der Waals surface area contributed by atoms with E-state index >= 15 is 0 Å². The van der Waals surface area contributed by atoms with Crippen LogP contribution >= 0.6 is 0 Å².